The van der Waals surface area contributed by atoms with Crippen molar-refractivity contribution in [1.29, 1.82) is 0 Å². The van der Waals surface area contributed by atoms with Crippen LogP contribution in [0.5, 0.6) is 0 Å². The molecule has 0 aromatic heterocycles. The van der Waals surface area contributed by atoms with Crippen LogP contribution in [-0.2, 0) is 0 Å². The maximum absolute atomic E-state index is 4.54. The van der Waals surface area contributed by atoms with E-state index in [2.05, 4.69) is 74.7 Å². The summed E-state index contributed by atoms with van der Waals surface area (Å²) in [5, 5.41) is 9.07. The average molecular weight is 375 g/mol. The molecule has 0 saturated heterocycles. The van der Waals surface area contributed by atoms with Gasteiger partial charge in [-0.1, -0.05) is 88.7 Å². The molecular weight excluding hydrogens is 360 g/mol. The largest absolute Gasteiger partial charge is 0.154 e. The van der Waals surface area contributed by atoms with Crippen LogP contribution < -0.4 is 0 Å². The van der Waals surface area contributed by atoms with E-state index in [1.54, 1.807) is 0 Å². The molecule has 2 nitrogen and oxygen atoms in total. The normalized spacial score (nSPS) is 14.4. The van der Waals surface area contributed by atoms with Crippen molar-refractivity contribution in [3.05, 3.63) is 106 Å². The summed E-state index contributed by atoms with van der Waals surface area (Å²) in [6.07, 6.45) is 0. The molecule has 116 valence electrons. The molecule has 3 aromatic carbocycles. The van der Waals surface area contributed by atoms with Gasteiger partial charge in [0, 0.05) is 4.47 Å². The number of hydrogen-bond acceptors (Lipinski definition) is 2. The minimum atomic E-state index is 0.0444. The van der Waals surface area contributed by atoms with Crippen LogP contribution in [0.25, 0.3) is 0 Å². The molecule has 1 aliphatic heterocycles. The Kier molecular flexibility index (Phi) is 4.09. The molecule has 0 unspecified atom stereocenters. The van der Waals surface area contributed by atoms with E-state index in [4.69, 9.17) is 0 Å². The Bertz CT molecular complexity index is 842. The van der Waals surface area contributed by atoms with Crippen molar-refractivity contribution >= 4 is 27.4 Å². The highest BCUT2D eigenvalue weighted by Gasteiger charge is 2.30. The molecule has 0 bridgehead atoms. The predicted octanol–water partition coefficient (Wildman–Crippen LogP) is 5.44. The van der Waals surface area contributed by atoms with Gasteiger partial charge in [-0.25, -0.2) is 0 Å². The minimum absolute atomic E-state index is 0.0444. The van der Waals surface area contributed by atoms with Gasteiger partial charge in [0.1, 0.15) is 0 Å². The van der Waals surface area contributed by atoms with Crippen molar-refractivity contribution in [3.63, 3.8) is 0 Å². The van der Waals surface area contributed by atoms with Gasteiger partial charge in [0.15, 0.2) is 0 Å². The lowest BCUT2D eigenvalue weighted by molar-refractivity contribution is 1.22. The Hall–Kier alpha value is -2.52. The van der Waals surface area contributed by atoms with Crippen LogP contribution in [0.2, 0.25) is 0 Å². The van der Waals surface area contributed by atoms with Crippen LogP contribution in [0.15, 0.2) is 99.6 Å². The number of nitrogens with zero attached hydrogens (tertiary/aromatic N) is 2. The van der Waals surface area contributed by atoms with Gasteiger partial charge in [-0.2, -0.15) is 10.2 Å². The lowest BCUT2D eigenvalue weighted by Gasteiger charge is -2.17. The SMILES string of the molecule is Brc1ccc(C2C(c3ccccc3)=NN=C2c2ccccc2)cc1. The standard InChI is InChI=1S/C21H15BrN2/c22-18-13-11-15(12-14-18)19-20(16-7-3-1-4-8-16)23-24-21(19)17-9-5-2-6-10-17/h1-14,19H. The molecule has 3 aromatic rings. The summed E-state index contributed by atoms with van der Waals surface area (Å²) >= 11 is 3.51. The van der Waals surface area contributed by atoms with Crippen LogP contribution in [0, 0.1) is 0 Å². The van der Waals surface area contributed by atoms with E-state index in [1.165, 1.54) is 5.56 Å². The molecule has 4 rings (SSSR count). The second-order valence-electron chi connectivity index (χ2n) is 5.69. The van der Waals surface area contributed by atoms with Crippen molar-refractivity contribution in [2.45, 2.75) is 5.92 Å². The van der Waals surface area contributed by atoms with Crippen LogP contribution in [-0.4, -0.2) is 11.4 Å². The van der Waals surface area contributed by atoms with Crippen molar-refractivity contribution < 1.29 is 0 Å². The molecule has 0 aliphatic carbocycles. The monoisotopic (exact) mass is 374 g/mol. The van der Waals surface area contributed by atoms with E-state index in [-0.39, 0.29) is 5.92 Å². The first kappa shape index (κ1) is 15.0. The summed E-state index contributed by atoms with van der Waals surface area (Å²) < 4.78 is 1.07. The molecule has 0 atom stereocenters. The van der Waals surface area contributed by atoms with Gasteiger partial charge in [0.05, 0.1) is 17.3 Å². The maximum Gasteiger partial charge on any atom is 0.0838 e. The van der Waals surface area contributed by atoms with E-state index in [9.17, 15) is 0 Å². The third-order valence-corrected chi connectivity index (χ3v) is 4.68. The average Bonchev–Trinajstić information content (AvgIpc) is 3.09. The zero-order valence-corrected chi connectivity index (χ0v) is 14.5. The van der Waals surface area contributed by atoms with Gasteiger partial charge in [-0.15, -0.1) is 0 Å². The molecule has 3 heteroatoms. The van der Waals surface area contributed by atoms with E-state index in [0.717, 1.165) is 27.0 Å². The van der Waals surface area contributed by atoms with Gasteiger partial charge < -0.3 is 0 Å². The van der Waals surface area contributed by atoms with E-state index >= 15 is 0 Å². The van der Waals surface area contributed by atoms with Crippen LogP contribution in [0.4, 0.5) is 0 Å². The number of halogens is 1. The summed E-state index contributed by atoms with van der Waals surface area (Å²) in [4.78, 5) is 0. The number of rotatable bonds is 3. The topological polar surface area (TPSA) is 24.7 Å². The van der Waals surface area contributed by atoms with Crippen molar-refractivity contribution in [3.8, 4) is 0 Å². The smallest absolute Gasteiger partial charge is 0.0838 e. The first-order chi connectivity index (χ1) is 11.8. The maximum atomic E-state index is 4.54. The highest BCUT2D eigenvalue weighted by Crippen LogP contribution is 2.31. The van der Waals surface area contributed by atoms with Gasteiger partial charge >= 0.3 is 0 Å². The van der Waals surface area contributed by atoms with Crippen molar-refractivity contribution in [2.75, 3.05) is 0 Å². The van der Waals surface area contributed by atoms with Gasteiger partial charge in [0.2, 0.25) is 0 Å². The molecule has 1 aliphatic rings. The molecule has 0 N–H and O–H groups in total. The Labute approximate surface area is 149 Å². The lowest BCUT2D eigenvalue weighted by atomic mass is 9.84. The zero-order chi connectivity index (χ0) is 16.4. The predicted molar refractivity (Wildman–Crippen MR) is 103 cm³/mol. The summed E-state index contributed by atoms with van der Waals surface area (Å²) in [5.41, 5.74) is 5.41. The fourth-order valence-electron chi connectivity index (χ4n) is 2.99. The van der Waals surface area contributed by atoms with Crippen LogP contribution >= 0.6 is 15.9 Å². The first-order valence-corrected chi connectivity index (χ1v) is 8.64. The summed E-state index contributed by atoms with van der Waals surface area (Å²) in [6.45, 7) is 0. The van der Waals surface area contributed by atoms with Crippen LogP contribution in [0.3, 0.4) is 0 Å². The molecule has 0 spiro atoms. The lowest BCUT2D eigenvalue weighted by Crippen LogP contribution is -2.20. The molecule has 0 radical (unpaired) electrons. The number of benzene rings is 3. The Morgan fingerprint density at radius 1 is 0.583 bits per heavy atom. The fourth-order valence-corrected chi connectivity index (χ4v) is 3.25. The molecular formula is C21H15BrN2. The highest BCUT2D eigenvalue weighted by atomic mass is 79.9. The molecule has 0 fully saturated rings. The molecule has 0 saturated carbocycles. The summed E-state index contributed by atoms with van der Waals surface area (Å²) in [5.74, 6) is 0.0444. The summed E-state index contributed by atoms with van der Waals surface area (Å²) in [6, 6.07) is 29.0. The highest BCUT2D eigenvalue weighted by molar-refractivity contribution is 9.10. The van der Waals surface area contributed by atoms with E-state index in [1.807, 2.05) is 36.4 Å². The van der Waals surface area contributed by atoms with E-state index < -0.39 is 0 Å². The van der Waals surface area contributed by atoms with Crippen molar-refractivity contribution in [2.24, 2.45) is 10.2 Å². The Morgan fingerprint density at radius 3 is 1.50 bits per heavy atom. The van der Waals surface area contributed by atoms with Crippen LogP contribution in [0.1, 0.15) is 22.6 Å². The Balaban J connectivity index is 1.81. The minimum Gasteiger partial charge on any atom is -0.154 e. The third kappa shape index (κ3) is 2.83. The van der Waals surface area contributed by atoms with Gasteiger partial charge in [-0.05, 0) is 28.8 Å². The quantitative estimate of drug-likeness (QED) is 0.582. The molecule has 1 heterocycles. The third-order valence-electron chi connectivity index (χ3n) is 4.15. The summed E-state index contributed by atoms with van der Waals surface area (Å²) in [7, 11) is 0. The fraction of sp³-hybridized carbons (Fsp3) is 0.0476. The van der Waals surface area contributed by atoms with Gasteiger partial charge in [-0.3, -0.25) is 0 Å². The van der Waals surface area contributed by atoms with Gasteiger partial charge in [0.25, 0.3) is 0 Å². The second kappa shape index (κ2) is 6.54. The zero-order valence-electron chi connectivity index (χ0n) is 12.9. The Morgan fingerprint density at radius 2 is 1.04 bits per heavy atom. The second-order valence-corrected chi connectivity index (χ2v) is 6.60. The van der Waals surface area contributed by atoms with Crippen molar-refractivity contribution in [1.82, 2.24) is 0 Å². The molecule has 0 amide bonds. The number of hydrogen-bond donors (Lipinski definition) is 0. The molecule has 24 heavy (non-hydrogen) atoms. The van der Waals surface area contributed by atoms with E-state index in [0.29, 0.717) is 0 Å². The first-order valence-electron chi connectivity index (χ1n) is 7.84.